The summed E-state index contributed by atoms with van der Waals surface area (Å²) in [4.78, 5) is 36.9. The molecular formula is C20H15Br2N3O5S2. The number of carbonyl (C=O) groups is 2. The van der Waals surface area contributed by atoms with Crippen molar-refractivity contribution < 1.29 is 19.6 Å². The molecule has 0 bridgehead atoms. The van der Waals surface area contributed by atoms with Gasteiger partial charge in [-0.05, 0) is 52.7 Å². The van der Waals surface area contributed by atoms with Crippen LogP contribution in [0.5, 0.6) is 5.75 Å². The highest BCUT2D eigenvalue weighted by Crippen LogP contribution is 2.37. The number of non-ortho nitro benzene ring substituents is 1. The van der Waals surface area contributed by atoms with Gasteiger partial charge in [0.1, 0.15) is 10.1 Å². The molecule has 2 amide bonds. The van der Waals surface area contributed by atoms with Crippen molar-refractivity contribution in [1.82, 2.24) is 4.90 Å². The highest BCUT2D eigenvalue weighted by atomic mass is 79.9. The molecule has 0 radical (unpaired) electrons. The first-order valence-corrected chi connectivity index (χ1v) is 11.9. The van der Waals surface area contributed by atoms with Gasteiger partial charge in [-0.2, -0.15) is 0 Å². The Labute approximate surface area is 209 Å². The Morgan fingerprint density at radius 2 is 1.97 bits per heavy atom. The van der Waals surface area contributed by atoms with Crippen molar-refractivity contribution in [2.45, 2.75) is 12.8 Å². The van der Waals surface area contributed by atoms with E-state index in [1.54, 1.807) is 18.2 Å². The minimum Gasteiger partial charge on any atom is -0.506 e. The van der Waals surface area contributed by atoms with Gasteiger partial charge in [0.2, 0.25) is 5.91 Å². The van der Waals surface area contributed by atoms with Crippen LogP contribution < -0.4 is 5.32 Å². The standard InChI is InChI=1S/C20H15Br2N3O5S2/c21-12-8-11(18(27)15(22)10-12)9-16-19(28)24(20(31)32-16)7-1-2-17(26)23-13-3-5-14(6-4-13)25(29)30/h3-6,8-10,27H,1-2,7H2,(H,23,26)/b16-9-. The topological polar surface area (TPSA) is 113 Å². The Morgan fingerprint density at radius 1 is 1.28 bits per heavy atom. The van der Waals surface area contributed by atoms with Gasteiger partial charge < -0.3 is 10.4 Å². The number of halogens is 2. The van der Waals surface area contributed by atoms with Crippen LogP contribution in [-0.4, -0.2) is 37.6 Å². The molecule has 0 atom stereocenters. The molecule has 0 spiro atoms. The molecule has 1 saturated heterocycles. The van der Waals surface area contributed by atoms with Crippen molar-refractivity contribution in [2.75, 3.05) is 11.9 Å². The second-order valence-corrected chi connectivity index (χ2v) is 10.1. The lowest BCUT2D eigenvalue weighted by Gasteiger charge is -2.14. The summed E-state index contributed by atoms with van der Waals surface area (Å²) < 4.78 is 1.61. The number of nitro groups is 1. The number of rotatable bonds is 7. The number of thiocarbonyl (C=S) groups is 1. The number of nitro benzene ring substituents is 1. The summed E-state index contributed by atoms with van der Waals surface area (Å²) in [6.45, 7) is 0.268. The molecule has 0 aliphatic carbocycles. The second kappa shape index (κ2) is 10.6. The Balaban J connectivity index is 1.57. The van der Waals surface area contributed by atoms with Crippen molar-refractivity contribution >= 4 is 89.4 Å². The van der Waals surface area contributed by atoms with Gasteiger partial charge in [0.15, 0.2) is 0 Å². The van der Waals surface area contributed by atoms with E-state index in [2.05, 4.69) is 37.2 Å². The summed E-state index contributed by atoms with van der Waals surface area (Å²) in [6, 6.07) is 8.92. The predicted octanol–water partition coefficient (Wildman–Crippen LogP) is 5.45. The molecule has 8 nitrogen and oxygen atoms in total. The Kier molecular flexibility index (Phi) is 8.04. The third-order valence-corrected chi connectivity index (χ3v) is 6.81. The van der Waals surface area contributed by atoms with Gasteiger partial charge in [-0.25, -0.2) is 0 Å². The van der Waals surface area contributed by atoms with Gasteiger partial charge >= 0.3 is 0 Å². The van der Waals surface area contributed by atoms with Gasteiger partial charge in [-0.1, -0.05) is 39.9 Å². The molecule has 12 heteroatoms. The van der Waals surface area contributed by atoms with Crippen molar-refractivity contribution in [2.24, 2.45) is 0 Å². The predicted molar refractivity (Wildman–Crippen MR) is 134 cm³/mol. The summed E-state index contributed by atoms with van der Waals surface area (Å²) >= 11 is 13.0. The average Bonchev–Trinajstić information content (AvgIpc) is 2.99. The molecule has 1 aliphatic heterocycles. The fraction of sp³-hybridized carbons (Fsp3) is 0.150. The number of amides is 2. The van der Waals surface area contributed by atoms with Crippen LogP contribution in [-0.2, 0) is 9.59 Å². The molecule has 0 unspecified atom stereocenters. The van der Waals surface area contributed by atoms with Gasteiger partial charge in [0.25, 0.3) is 11.6 Å². The van der Waals surface area contributed by atoms with Crippen LogP contribution in [0.1, 0.15) is 18.4 Å². The number of hydrogen-bond donors (Lipinski definition) is 2. The highest BCUT2D eigenvalue weighted by Gasteiger charge is 2.32. The molecule has 32 heavy (non-hydrogen) atoms. The summed E-state index contributed by atoms with van der Waals surface area (Å²) in [6.07, 6.45) is 2.10. The number of nitrogens with zero attached hydrogens (tertiary/aromatic N) is 2. The summed E-state index contributed by atoms with van der Waals surface area (Å²) in [7, 11) is 0. The first-order valence-electron chi connectivity index (χ1n) is 9.13. The molecule has 1 fully saturated rings. The monoisotopic (exact) mass is 599 g/mol. The van der Waals surface area contributed by atoms with Crippen molar-refractivity contribution in [3.8, 4) is 5.75 Å². The number of carbonyl (C=O) groups excluding carboxylic acids is 2. The van der Waals surface area contributed by atoms with Gasteiger partial charge in [-0.15, -0.1) is 0 Å². The Hall–Kier alpha value is -2.28. The van der Waals surface area contributed by atoms with Crippen LogP contribution in [0.2, 0.25) is 0 Å². The van der Waals surface area contributed by atoms with Gasteiger partial charge in [0, 0.05) is 40.8 Å². The zero-order valence-corrected chi connectivity index (χ0v) is 21.0. The number of benzene rings is 2. The molecular weight excluding hydrogens is 586 g/mol. The van der Waals surface area contributed by atoms with E-state index >= 15 is 0 Å². The van der Waals surface area contributed by atoms with E-state index in [0.717, 1.165) is 16.2 Å². The zero-order chi connectivity index (χ0) is 23.4. The number of thioether (sulfide) groups is 1. The maximum absolute atomic E-state index is 12.7. The Morgan fingerprint density at radius 3 is 2.62 bits per heavy atom. The third-order valence-electron chi connectivity index (χ3n) is 4.37. The highest BCUT2D eigenvalue weighted by molar-refractivity contribution is 9.11. The number of aromatic hydroxyl groups is 1. The van der Waals surface area contributed by atoms with Crippen molar-refractivity contribution in [3.05, 3.63) is 65.9 Å². The van der Waals surface area contributed by atoms with Crippen LogP contribution >= 0.6 is 55.8 Å². The molecule has 2 aromatic carbocycles. The van der Waals surface area contributed by atoms with Crippen LogP contribution in [0.3, 0.4) is 0 Å². The minimum atomic E-state index is -0.515. The number of anilines is 1. The summed E-state index contributed by atoms with van der Waals surface area (Å²) in [5.74, 6) is -0.545. The zero-order valence-electron chi connectivity index (χ0n) is 16.2. The fourth-order valence-electron chi connectivity index (χ4n) is 2.82. The minimum absolute atomic E-state index is 0.0152. The lowest BCUT2D eigenvalue weighted by molar-refractivity contribution is -0.384. The number of phenolic OH excluding ortho intramolecular Hbond substituents is 1. The van der Waals surface area contributed by atoms with Crippen molar-refractivity contribution in [3.63, 3.8) is 0 Å². The molecule has 1 aliphatic rings. The lowest BCUT2D eigenvalue weighted by atomic mass is 10.2. The van der Waals surface area contributed by atoms with E-state index in [1.807, 2.05) is 0 Å². The summed E-state index contributed by atoms with van der Waals surface area (Å²) in [5, 5.41) is 23.6. The fourth-order valence-corrected chi connectivity index (χ4v) is 5.38. The van der Waals surface area contributed by atoms with E-state index in [0.29, 0.717) is 31.4 Å². The van der Waals surface area contributed by atoms with Gasteiger partial charge in [0.05, 0.1) is 14.3 Å². The van der Waals surface area contributed by atoms with E-state index in [4.69, 9.17) is 12.2 Å². The van der Waals surface area contributed by atoms with Crippen LogP contribution in [0.4, 0.5) is 11.4 Å². The van der Waals surface area contributed by atoms with E-state index in [9.17, 15) is 24.8 Å². The molecule has 0 saturated carbocycles. The van der Waals surface area contributed by atoms with Gasteiger partial charge in [-0.3, -0.25) is 24.6 Å². The van der Waals surface area contributed by atoms with E-state index in [-0.39, 0.29) is 36.2 Å². The van der Waals surface area contributed by atoms with Crippen LogP contribution in [0.25, 0.3) is 6.08 Å². The Bertz CT molecular complexity index is 1140. The second-order valence-electron chi connectivity index (χ2n) is 6.61. The molecule has 3 rings (SSSR count). The number of nitrogens with one attached hydrogen (secondary N) is 1. The molecule has 2 aromatic rings. The third kappa shape index (κ3) is 5.94. The smallest absolute Gasteiger partial charge is 0.269 e. The molecule has 0 aromatic heterocycles. The maximum Gasteiger partial charge on any atom is 0.269 e. The molecule has 166 valence electrons. The first-order chi connectivity index (χ1) is 15.2. The van der Waals surface area contributed by atoms with Crippen LogP contribution in [0, 0.1) is 10.1 Å². The average molecular weight is 601 g/mol. The quantitative estimate of drug-likeness (QED) is 0.188. The normalized spacial score (nSPS) is 14.8. The molecule has 2 N–H and O–H groups in total. The lowest BCUT2D eigenvalue weighted by Crippen LogP contribution is -2.29. The SMILES string of the molecule is O=C(CCCN1C(=O)/C(=C/c2cc(Br)cc(Br)c2O)SC1=S)Nc1ccc([N+](=O)[O-])cc1. The number of hydrogen-bond acceptors (Lipinski definition) is 7. The maximum atomic E-state index is 12.7. The summed E-state index contributed by atoms with van der Waals surface area (Å²) in [5.41, 5.74) is 0.859. The van der Waals surface area contributed by atoms with Crippen molar-refractivity contribution in [1.29, 1.82) is 0 Å². The molecule has 1 heterocycles. The first kappa shape index (κ1) is 24.4. The van der Waals surface area contributed by atoms with E-state index < -0.39 is 4.92 Å². The number of phenols is 1. The largest absolute Gasteiger partial charge is 0.506 e. The van der Waals surface area contributed by atoms with Crippen LogP contribution in [0.15, 0.2) is 50.2 Å². The van der Waals surface area contributed by atoms with E-state index in [1.165, 1.54) is 29.2 Å².